The molecule has 3 aromatic rings. The number of imidazole rings is 1. The third-order valence-electron chi connectivity index (χ3n) is 6.21. The molecule has 2 aromatic carbocycles. The van der Waals surface area contributed by atoms with Crippen molar-refractivity contribution in [3.8, 4) is 17.1 Å². The molecule has 144 valence electrons. The summed E-state index contributed by atoms with van der Waals surface area (Å²) in [4.78, 5) is 23.0. The van der Waals surface area contributed by atoms with Crippen molar-refractivity contribution in [3.63, 3.8) is 0 Å². The number of aromatic amines is 1. The van der Waals surface area contributed by atoms with Gasteiger partial charge in [0.05, 0.1) is 5.52 Å². The molecule has 6 rings (SSSR count). The maximum atomic E-state index is 12.8. The number of aryl methyl sites for hydroxylation is 1. The SMILES string of the molecule is Cc1cc(C(=O)NC2CN3CCC2CC3)ccc1-c1nc2c(O)cccc2[nH]1. The smallest absolute Gasteiger partial charge is 0.251 e. The van der Waals surface area contributed by atoms with Gasteiger partial charge in [-0.3, -0.25) is 4.79 Å². The number of carbonyl (C=O) groups is 1. The summed E-state index contributed by atoms with van der Waals surface area (Å²) in [5, 5.41) is 13.2. The number of phenols is 1. The Morgan fingerprint density at radius 3 is 2.75 bits per heavy atom. The zero-order valence-electron chi connectivity index (χ0n) is 15.9. The van der Waals surface area contributed by atoms with Crippen molar-refractivity contribution in [2.45, 2.75) is 25.8 Å². The lowest BCUT2D eigenvalue weighted by molar-refractivity contribution is 0.0620. The number of nitrogens with zero attached hydrogens (tertiary/aromatic N) is 2. The molecule has 3 fully saturated rings. The number of hydrogen-bond donors (Lipinski definition) is 3. The molecule has 1 unspecified atom stereocenters. The molecular weight excluding hydrogens is 352 g/mol. The summed E-state index contributed by atoms with van der Waals surface area (Å²) >= 11 is 0. The first-order valence-electron chi connectivity index (χ1n) is 9.90. The molecule has 1 amide bonds. The van der Waals surface area contributed by atoms with Crippen molar-refractivity contribution >= 4 is 16.9 Å². The van der Waals surface area contributed by atoms with Crippen LogP contribution in [0.4, 0.5) is 0 Å². The molecule has 3 aliphatic heterocycles. The number of carbonyl (C=O) groups excluding carboxylic acids is 1. The molecule has 6 heteroatoms. The first-order chi connectivity index (χ1) is 13.6. The van der Waals surface area contributed by atoms with Crippen molar-refractivity contribution in [1.82, 2.24) is 20.2 Å². The summed E-state index contributed by atoms with van der Waals surface area (Å²) in [5.74, 6) is 1.46. The highest BCUT2D eigenvalue weighted by molar-refractivity contribution is 5.95. The van der Waals surface area contributed by atoms with Crippen LogP contribution in [0.25, 0.3) is 22.4 Å². The van der Waals surface area contributed by atoms with E-state index in [-0.39, 0.29) is 17.7 Å². The van der Waals surface area contributed by atoms with Crippen LogP contribution in [-0.4, -0.2) is 51.6 Å². The van der Waals surface area contributed by atoms with Crippen molar-refractivity contribution in [3.05, 3.63) is 47.5 Å². The van der Waals surface area contributed by atoms with Gasteiger partial charge >= 0.3 is 0 Å². The predicted molar refractivity (Wildman–Crippen MR) is 108 cm³/mol. The van der Waals surface area contributed by atoms with Gasteiger partial charge in [0.2, 0.25) is 0 Å². The minimum atomic E-state index is -0.00403. The summed E-state index contributed by atoms with van der Waals surface area (Å²) in [6.45, 7) is 5.28. The molecule has 0 radical (unpaired) electrons. The molecule has 0 aliphatic carbocycles. The van der Waals surface area contributed by atoms with E-state index in [9.17, 15) is 9.90 Å². The number of aromatic nitrogens is 2. The average molecular weight is 376 g/mol. The normalized spacial score (nSPS) is 23.8. The number of amides is 1. The Morgan fingerprint density at radius 1 is 1.25 bits per heavy atom. The summed E-state index contributed by atoms with van der Waals surface area (Å²) in [6, 6.07) is 11.3. The molecule has 0 spiro atoms. The van der Waals surface area contributed by atoms with Crippen LogP contribution in [0.5, 0.6) is 5.75 Å². The molecule has 0 saturated carbocycles. The van der Waals surface area contributed by atoms with Gasteiger partial charge in [0.25, 0.3) is 5.91 Å². The fourth-order valence-electron chi connectivity index (χ4n) is 4.60. The highest BCUT2D eigenvalue weighted by atomic mass is 16.3. The van der Waals surface area contributed by atoms with Crippen molar-refractivity contribution in [1.29, 1.82) is 0 Å². The largest absolute Gasteiger partial charge is 0.506 e. The Balaban J connectivity index is 1.38. The number of hydrogen-bond acceptors (Lipinski definition) is 4. The molecule has 1 aromatic heterocycles. The number of nitrogens with one attached hydrogen (secondary N) is 2. The molecule has 3 saturated heterocycles. The maximum Gasteiger partial charge on any atom is 0.251 e. The zero-order chi connectivity index (χ0) is 19.3. The van der Waals surface area contributed by atoms with Crippen LogP contribution in [0, 0.1) is 12.8 Å². The number of piperidine rings is 3. The molecule has 3 N–H and O–H groups in total. The van der Waals surface area contributed by atoms with Crippen LogP contribution in [0.1, 0.15) is 28.8 Å². The molecule has 6 nitrogen and oxygen atoms in total. The van der Waals surface area contributed by atoms with E-state index in [0.717, 1.165) is 36.3 Å². The van der Waals surface area contributed by atoms with E-state index in [0.29, 0.717) is 22.8 Å². The van der Waals surface area contributed by atoms with E-state index in [1.807, 2.05) is 31.2 Å². The van der Waals surface area contributed by atoms with Crippen LogP contribution >= 0.6 is 0 Å². The zero-order valence-corrected chi connectivity index (χ0v) is 15.9. The highest BCUT2D eigenvalue weighted by Crippen LogP contribution is 2.29. The van der Waals surface area contributed by atoms with Gasteiger partial charge in [0.15, 0.2) is 0 Å². The third kappa shape index (κ3) is 2.94. The molecular formula is C22H24N4O2. The number of phenolic OH excluding ortho intramolecular Hbond substituents is 1. The number of fused-ring (bicyclic) bond motifs is 4. The van der Waals surface area contributed by atoms with Gasteiger partial charge in [-0.05, 0) is 68.6 Å². The van der Waals surface area contributed by atoms with E-state index < -0.39 is 0 Å². The van der Waals surface area contributed by atoms with Gasteiger partial charge < -0.3 is 20.3 Å². The third-order valence-corrected chi connectivity index (χ3v) is 6.21. The van der Waals surface area contributed by atoms with Gasteiger partial charge in [-0.2, -0.15) is 0 Å². The van der Waals surface area contributed by atoms with Gasteiger partial charge in [-0.25, -0.2) is 4.98 Å². The molecule has 1 atom stereocenters. The Labute approximate surface area is 163 Å². The second-order valence-corrected chi connectivity index (χ2v) is 8.01. The lowest BCUT2D eigenvalue weighted by Gasteiger charge is -2.44. The number of benzene rings is 2. The Morgan fingerprint density at radius 2 is 2.07 bits per heavy atom. The quantitative estimate of drug-likeness (QED) is 0.656. The monoisotopic (exact) mass is 376 g/mol. The molecule has 4 heterocycles. The summed E-state index contributed by atoms with van der Waals surface area (Å²) in [5.41, 5.74) is 3.92. The van der Waals surface area contributed by atoms with Crippen LogP contribution < -0.4 is 5.32 Å². The number of rotatable bonds is 3. The van der Waals surface area contributed by atoms with Gasteiger partial charge in [-0.15, -0.1) is 0 Å². The lowest BCUT2D eigenvalue weighted by atomic mass is 9.84. The van der Waals surface area contributed by atoms with E-state index in [1.54, 1.807) is 12.1 Å². The van der Waals surface area contributed by atoms with E-state index in [1.165, 1.54) is 12.8 Å². The summed E-state index contributed by atoms with van der Waals surface area (Å²) in [7, 11) is 0. The van der Waals surface area contributed by atoms with Gasteiger partial charge in [0, 0.05) is 23.7 Å². The number of H-pyrrole nitrogens is 1. The van der Waals surface area contributed by atoms with Gasteiger partial charge in [0.1, 0.15) is 17.1 Å². The summed E-state index contributed by atoms with van der Waals surface area (Å²) in [6.07, 6.45) is 2.36. The van der Waals surface area contributed by atoms with Gasteiger partial charge in [-0.1, -0.05) is 12.1 Å². The molecule has 3 aliphatic rings. The lowest BCUT2D eigenvalue weighted by Crippen LogP contribution is -2.57. The fourth-order valence-corrected chi connectivity index (χ4v) is 4.60. The minimum Gasteiger partial charge on any atom is -0.506 e. The molecule has 28 heavy (non-hydrogen) atoms. The highest BCUT2D eigenvalue weighted by Gasteiger charge is 2.34. The Bertz CT molecular complexity index is 1050. The standard InChI is InChI=1S/C22H24N4O2/c1-13-11-15(22(28)24-18-12-26-9-7-14(18)8-10-26)5-6-16(13)21-23-17-3-2-4-19(27)20(17)25-21/h2-6,11,14,18,27H,7-10,12H2,1H3,(H,23,25)(H,24,28). The van der Waals surface area contributed by atoms with Crippen LogP contribution in [-0.2, 0) is 0 Å². The van der Waals surface area contributed by atoms with Crippen molar-refractivity contribution in [2.75, 3.05) is 19.6 Å². The van der Waals surface area contributed by atoms with Crippen molar-refractivity contribution < 1.29 is 9.90 Å². The van der Waals surface area contributed by atoms with E-state index in [2.05, 4.69) is 20.2 Å². The first-order valence-corrected chi connectivity index (χ1v) is 9.90. The second-order valence-electron chi connectivity index (χ2n) is 8.01. The topological polar surface area (TPSA) is 81.2 Å². The number of para-hydroxylation sites is 1. The van der Waals surface area contributed by atoms with Crippen LogP contribution in [0.3, 0.4) is 0 Å². The Hall–Kier alpha value is -2.86. The van der Waals surface area contributed by atoms with E-state index in [4.69, 9.17) is 0 Å². The van der Waals surface area contributed by atoms with Crippen LogP contribution in [0.15, 0.2) is 36.4 Å². The predicted octanol–water partition coefficient (Wildman–Crippen LogP) is 3.07. The second kappa shape index (κ2) is 6.63. The summed E-state index contributed by atoms with van der Waals surface area (Å²) < 4.78 is 0. The minimum absolute atomic E-state index is 0.00403. The fraction of sp³-hybridized carbons (Fsp3) is 0.364. The van der Waals surface area contributed by atoms with Crippen molar-refractivity contribution in [2.24, 2.45) is 5.92 Å². The van der Waals surface area contributed by atoms with E-state index >= 15 is 0 Å². The maximum absolute atomic E-state index is 12.8. The first kappa shape index (κ1) is 17.3. The Kier molecular flexibility index (Phi) is 4.09. The molecule has 2 bridgehead atoms. The number of aromatic hydroxyl groups is 1. The average Bonchev–Trinajstić information content (AvgIpc) is 3.14. The van der Waals surface area contributed by atoms with Crippen LogP contribution in [0.2, 0.25) is 0 Å².